The van der Waals surface area contributed by atoms with E-state index in [1.54, 1.807) is 0 Å². The van der Waals surface area contributed by atoms with Crippen LogP contribution in [0.1, 0.15) is 36.6 Å². The Kier molecular flexibility index (Phi) is 4.06. The Hall–Kier alpha value is -2.21. The highest BCUT2D eigenvalue weighted by molar-refractivity contribution is 6.30. The predicted octanol–water partition coefficient (Wildman–Crippen LogP) is 3.27. The Morgan fingerprint density at radius 1 is 1.04 bits per heavy atom. The lowest BCUT2D eigenvalue weighted by Crippen LogP contribution is -2.12. The molecule has 3 heterocycles. The van der Waals surface area contributed by atoms with Crippen LogP contribution < -0.4 is 0 Å². The van der Waals surface area contributed by atoms with Crippen molar-refractivity contribution in [1.29, 1.82) is 0 Å². The molecule has 124 valence electrons. The lowest BCUT2D eigenvalue weighted by Gasteiger charge is -2.08. The van der Waals surface area contributed by atoms with Crippen LogP contribution in [0, 0.1) is 6.92 Å². The number of hydrogen-bond acceptors (Lipinski definition) is 4. The first-order valence-electron chi connectivity index (χ1n) is 8.29. The van der Waals surface area contributed by atoms with E-state index in [0.717, 1.165) is 46.6 Å². The minimum Gasteiger partial charge on any atom is -0.313 e. The van der Waals surface area contributed by atoms with Crippen molar-refractivity contribution in [3.05, 3.63) is 46.6 Å². The molecule has 1 aliphatic heterocycles. The summed E-state index contributed by atoms with van der Waals surface area (Å²) in [6.07, 6.45) is 4.65. The summed E-state index contributed by atoms with van der Waals surface area (Å²) in [5.41, 5.74) is 2.91. The lowest BCUT2D eigenvalue weighted by molar-refractivity contribution is 0.552. The molecule has 0 saturated carbocycles. The molecule has 0 N–H and O–H groups in total. The van der Waals surface area contributed by atoms with Crippen molar-refractivity contribution in [3.8, 4) is 11.3 Å². The van der Waals surface area contributed by atoms with Crippen LogP contribution in [0.5, 0.6) is 0 Å². The molecule has 24 heavy (non-hydrogen) atoms. The van der Waals surface area contributed by atoms with Gasteiger partial charge in [-0.3, -0.25) is 0 Å². The Morgan fingerprint density at radius 2 is 1.88 bits per heavy atom. The van der Waals surface area contributed by atoms with Crippen molar-refractivity contribution in [1.82, 2.24) is 29.8 Å². The maximum atomic E-state index is 5.96. The second kappa shape index (κ2) is 6.36. The molecule has 3 aromatic rings. The zero-order valence-corrected chi connectivity index (χ0v) is 14.4. The maximum Gasteiger partial charge on any atom is 0.154 e. The Labute approximate surface area is 145 Å². The van der Waals surface area contributed by atoms with E-state index in [2.05, 4.69) is 25.1 Å². The molecule has 0 atom stereocenters. The van der Waals surface area contributed by atoms with Crippen LogP contribution in [0.4, 0.5) is 0 Å². The third-order valence-electron chi connectivity index (χ3n) is 4.58. The molecular formula is C17H19ClN6. The van der Waals surface area contributed by atoms with E-state index in [4.69, 9.17) is 11.6 Å². The summed E-state index contributed by atoms with van der Waals surface area (Å²) in [7, 11) is 0. The Bertz CT molecular complexity index is 849. The predicted molar refractivity (Wildman–Crippen MR) is 91.9 cm³/mol. The van der Waals surface area contributed by atoms with E-state index >= 15 is 0 Å². The van der Waals surface area contributed by atoms with Crippen molar-refractivity contribution in [2.24, 2.45) is 0 Å². The molecule has 0 fully saturated rings. The molecule has 0 spiro atoms. The standard InChI is InChI=1S/C17H19ClN6/c1-12-17(13-6-8-14(18)9-7-13)21-22-24(12)11-16-20-19-15-5-3-2-4-10-23(15)16/h6-9H,2-5,10-11H2,1H3. The summed E-state index contributed by atoms with van der Waals surface area (Å²) in [5.74, 6) is 2.06. The van der Waals surface area contributed by atoms with Gasteiger partial charge in [-0.05, 0) is 31.9 Å². The summed E-state index contributed by atoms with van der Waals surface area (Å²) in [6.45, 7) is 3.62. The first-order valence-corrected chi connectivity index (χ1v) is 8.67. The highest BCUT2D eigenvalue weighted by Crippen LogP contribution is 2.23. The fourth-order valence-electron chi connectivity index (χ4n) is 3.18. The topological polar surface area (TPSA) is 61.4 Å². The van der Waals surface area contributed by atoms with Gasteiger partial charge in [-0.25, -0.2) is 4.68 Å². The number of rotatable bonds is 3. The smallest absolute Gasteiger partial charge is 0.154 e. The Morgan fingerprint density at radius 3 is 2.71 bits per heavy atom. The van der Waals surface area contributed by atoms with Crippen molar-refractivity contribution in [2.75, 3.05) is 0 Å². The van der Waals surface area contributed by atoms with Gasteiger partial charge in [0.2, 0.25) is 0 Å². The molecular weight excluding hydrogens is 324 g/mol. The van der Waals surface area contributed by atoms with E-state index in [1.165, 1.54) is 19.3 Å². The first kappa shape index (κ1) is 15.3. The minimum absolute atomic E-state index is 0.597. The van der Waals surface area contributed by atoms with Gasteiger partial charge in [0, 0.05) is 23.6 Å². The van der Waals surface area contributed by atoms with Gasteiger partial charge >= 0.3 is 0 Å². The van der Waals surface area contributed by atoms with Crippen LogP contribution in [-0.4, -0.2) is 29.8 Å². The quantitative estimate of drug-likeness (QED) is 0.733. The molecule has 0 radical (unpaired) electrons. The molecule has 2 aromatic heterocycles. The minimum atomic E-state index is 0.597. The number of aryl methyl sites for hydroxylation is 1. The Balaban J connectivity index is 1.62. The van der Waals surface area contributed by atoms with Crippen molar-refractivity contribution in [2.45, 2.75) is 45.7 Å². The second-order valence-electron chi connectivity index (χ2n) is 6.18. The molecule has 0 aliphatic carbocycles. The van der Waals surface area contributed by atoms with Crippen LogP contribution >= 0.6 is 11.6 Å². The van der Waals surface area contributed by atoms with E-state index < -0.39 is 0 Å². The number of benzene rings is 1. The molecule has 0 saturated heterocycles. The van der Waals surface area contributed by atoms with E-state index in [-0.39, 0.29) is 0 Å². The largest absolute Gasteiger partial charge is 0.313 e. The molecule has 0 bridgehead atoms. The number of aromatic nitrogens is 6. The molecule has 1 aromatic carbocycles. The fourth-order valence-corrected chi connectivity index (χ4v) is 3.31. The van der Waals surface area contributed by atoms with Crippen LogP contribution in [0.25, 0.3) is 11.3 Å². The monoisotopic (exact) mass is 342 g/mol. The zero-order chi connectivity index (χ0) is 16.5. The van der Waals surface area contributed by atoms with Gasteiger partial charge in [0.05, 0.1) is 5.69 Å². The van der Waals surface area contributed by atoms with Crippen LogP contribution in [0.3, 0.4) is 0 Å². The summed E-state index contributed by atoms with van der Waals surface area (Å²) in [5, 5.41) is 18.1. The van der Waals surface area contributed by atoms with Gasteiger partial charge in [-0.1, -0.05) is 35.4 Å². The molecule has 1 aliphatic rings. The summed E-state index contributed by atoms with van der Waals surface area (Å²) >= 11 is 5.96. The molecule has 7 heteroatoms. The number of fused-ring (bicyclic) bond motifs is 1. The van der Waals surface area contributed by atoms with E-state index in [0.29, 0.717) is 6.54 Å². The van der Waals surface area contributed by atoms with Crippen LogP contribution in [-0.2, 0) is 19.5 Å². The van der Waals surface area contributed by atoms with E-state index in [1.807, 2.05) is 35.9 Å². The summed E-state index contributed by atoms with van der Waals surface area (Å²) in [4.78, 5) is 0. The maximum absolute atomic E-state index is 5.96. The third kappa shape index (κ3) is 2.82. The number of halogens is 1. The van der Waals surface area contributed by atoms with Gasteiger partial charge in [0.15, 0.2) is 5.82 Å². The average Bonchev–Trinajstić information content (AvgIpc) is 3.04. The molecule has 6 nitrogen and oxygen atoms in total. The third-order valence-corrected chi connectivity index (χ3v) is 4.83. The SMILES string of the molecule is Cc1c(-c2ccc(Cl)cc2)nnn1Cc1nnc2n1CCCCC2. The fraction of sp³-hybridized carbons (Fsp3) is 0.412. The van der Waals surface area contributed by atoms with Gasteiger partial charge < -0.3 is 4.57 Å². The van der Waals surface area contributed by atoms with Crippen LogP contribution in [0.2, 0.25) is 5.02 Å². The van der Waals surface area contributed by atoms with Crippen LogP contribution in [0.15, 0.2) is 24.3 Å². The highest BCUT2D eigenvalue weighted by atomic mass is 35.5. The second-order valence-corrected chi connectivity index (χ2v) is 6.62. The highest BCUT2D eigenvalue weighted by Gasteiger charge is 2.17. The normalized spacial score (nSPS) is 14.4. The number of nitrogens with zero attached hydrogens (tertiary/aromatic N) is 6. The van der Waals surface area contributed by atoms with Gasteiger partial charge in [-0.2, -0.15) is 0 Å². The average molecular weight is 343 g/mol. The van der Waals surface area contributed by atoms with Crippen molar-refractivity contribution >= 4 is 11.6 Å². The lowest BCUT2D eigenvalue weighted by atomic mass is 10.1. The molecule has 4 rings (SSSR count). The van der Waals surface area contributed by atoms with Gasteiger partial charge in [0.1, 0.15) is 18.1 Å². The molecule has 0 amide bonds. The molecule has 0 unspecified atom stereocenters. The van der Waals surface area contributed by atoms with Crippen molar-refractivity contribution < 1.29 is 0 Å². The number of hydrogen-bond donors (Lipinski definition) is 0. The van der Waals surface area contributed by atoms with Gasteiger partial charge in [-0.15, -0.1) is 15.3 Å². The summed E-state index contributed by atoms with van der Waals surface area (Å²) in [6, 6.07) is 7.67. The first-order chi connectivity index (χ1) is 11.7. The summed E-state index contributed by atoms with van der Waals surface area (Å²) < 4.78 is 4.14. The van der Waals surface area contributed by atoms with E-state index in [9.17, 15) is 0 Å². The zero-order valence-electron chi connectivity index (χ0n) is 13.6. The van der Waals surface area contributed by atoms with Crippen molar-refractivity contribution in [3.63, 3.8) is 0 Å². The van der Waals surface area contributed by atoms with Gasteiger partial charge in [0.25, 0.3) is 0 Å².